The first-order chi connectivity index (χ1) is 9.75. The number of rotatable bonds is 2. The maximum absolute atomic E-state index is 9.55. The van der Waals surface area contributed by atoms with E-state index in [0.29, 0.717) is 0 Å². The lowest BCUT2D eigenvalue weighted by Crippen LogP contribution is -2.18. The molecule has 0 spiro atoms. The monoisotopic (exact) mass is 268 g/mol. The van der Waals surface area contributed by atoms with Crippen molar-refractivity contribution in [2.45, 2.75) is 32.3 Å². The Balaban J connectivity index is 1.97. The summed E-state index contributed by atoms with van der Waals surface area (Å²) in [6.45, 7) is 2.76. The number of hydrogen-bond acceptors (Lipinski definition) is 3. The van der Waals surface area contributed by atoms with Crippen molar-refractivity contribution in [3.8, 4) is 0 Å². The van der Waals surface area contributed by atoms with Crippen LogP contribution in [0.2, 0.25) is 0 Å². The van der Waals surface area contributed by atoms with Crippen molar-refractivity contribution in [2.75, 3.05) is 11.4 Å². The van der Waals surface area contributed by atoms with Crippen LogP contribution in [0.5, 0.6) is 0 Å². The lowest BCUT2D eigenvalue weighted by atomic mass is 10.1. The van der Waals surface area contributed by atoms with Crippen molar-refractivity contribution < 1.29 is 5.11 Å². The number of aliphatic hydroxyl groups is 1. The highest BCUT2D eigenvalue weighted by atomic mass is 16.3. The third-order valence-corrected chi connectivity index (χ3v) is 3.87. The van der Waals surface area contributed by atoms with Crippen molar-refractivity contribution >= 4 is 11.4 Å². The second kappa shape index (κ2) is 5.63. The van der Waals surface area contributed by atoms with Gasteiger partial charge in [-0.05, 0) is 49.9 Å². The van der Waals surface area contributed by atoms with E-state index in [1.54, 1.807) is 6.92 Å². The number of nitrogens with zero attached hydrogens (tertiary/aromatic N) is 2. The normalized spacial score (nSPS) is 16.4. The minimum atomic E-state index is -0.513. The lowest BCUT2D eigenvalue weighted by molar-refractivity contribution is 0.194. The van der Waals surface area contributed by atoms with Crippen LogP contribution in [0.25, 0.3) is 0 Å². The summed E-state index contributed by atoms with van der Waals surface area (Å²) in [5.41, 5.74) is 4.52. The van der Waals surface area contributed by atoms with Gasteiger partial charge in [0.05, 0.1) is 23.7 Å². The molecule has 0 radical (unpaired) electrons. The molecule has 1 N–H and O–H groups in total. The number of aryl methyl sites for hydroxylation is 1. The zero-order valence-electron chi connectivity index (χ0n) is 11.8. The van der Waals surface area contributed by atoms with Gasteiger partial charge >= 0.3 is 0 Å². The minimum Gasteiger partial charge on any atom is -0.387 e. The van der Waals surface area contributed by atoms with E-state index in [2.05, 4.69) is 40.2 Å². The van der Waals surface area contributed by atoms with Gasteiger partial charge in [-0.3, -0.25) is 4.98 Å². The molecule has 3 rings (SSSR count). The van der Waals surface area contributed by atoms with Gasteiger partial charge in [0.1, 0.15) is 0 Å². The molecule has 104 valence electrons. The van der Waals surface area contributed by atoms with E-state index in [9.17, 15) is 5.11 Å². The summed E-state index contributed by atoms with van der Waals surface area (Å²) in [4.78, 5) is 6.70. The van der Waals surface area contributed by atoms with Crippen LogP contribution in [-0.2, 0) is 6.42 Å². The molecule has 0 unspecified atom stereocenters. The van der Waals surface area contributed by atoms with E-state index in [-0.39, 0.29) is 0 Å². The highest BCUT2D eigenvalue weighted by molar-refractivity contribution is 5.66. The molecule has 0 amide bonds. The molecule has 3 nitrogen and oxygen atoms in total. The van der Waals surface area contributed by atoms with Crippen LogP contribution in [0.1, 0.15) is 37.1 Å². The summed E-state index contributed by atoms with van der Waals surface area (Å²) in [6.07, 6.45) is 4.91. The van der Waals surface area contributed by atoms with Crippen molar-refractivity contribution in [3.05, 3.63) is 53.9 Å². The Kier molecular flexibility index (Phi) is 3.70. The fraction of sp³-hybridized carbons (Fsp3) is 0.353. The quantitative estimate of drug-likeness (QED) is 0.904. The lowest BCUT2D eigenvalue weighted by Gasteiger charge is -2.25. The number of para-hydroxylation sites is 1. The number of anilines is 2. The van der Waals surface area contributed by atoms with E-state index in [0.717, 1.165) is 24.3 Å². The standard InChI is InChI=1S/C17H20N2O/c1-13(20)16-10-9-15(12-18-16)19-11-5-4-7-14-6-2-3-8-17(14)19/h2-3,6,8-10,12-13,20H,4-5,7,11H2,1H3/t13-/m0/s1. The van der Waals surface area contributed by atoms with Crippen LogP contribution in [0, 0.1) is 0 Å². The maximum Gasteiger partial charge on any atom is 0.0931 e. The Bertz CT molecular complexity index is 578. The zero-order valence-corrected chi connectivity index (χ0v) is 11.8. The van der Waals surface area contributed by atoms with E-state index >= 15 is 0 Å². The molecule has 0 fully saturated rings. The largest absolute Gasteiger partial charge is 0.387 e. The molecule has 0 saturated heterocycles. The molecule has 20 heavy (non-hydrogen) atoms. The molecule has 1 aromatic heterocycles. The van der Waals surface area contributed by atoms with Gasteiger partial charge in [-0.25, -0.2) is 0 Å². The Morgan fingerprint density at radius 1 is 1.15 bits per heavy atom. The number of benzene rings is 1. The summed E-state index contributed by atoms with van der Waals surface area (Å²) < 4.78 is 0. The van der Waals surface area contributed by atoms with Crippen LogP contribution in [0.3, 0.4) is 0 Å². The van der Waals surface area contributed by atoms with Crippen LogP contribution in [0.15, 0.2) is 42.6 Å². The molecular weight excluding hydrogens is 248 g/mol. The Morgan fingerprint density at radius 2 is 2.00 bits per heavy atom. The summed E-state index contributed by atoms with van der Waals surface area (Å²) in [6, 6.07) is 12.6. The highest BCUT2D eigenvalue weighted by Crippen LogP contribution is 2.32. The van der Waals surface area contributed by atoms with Gasteiger partial charge in [-0.2, -0.15) is 0 Å². The van der Waals surface area contributed by atoms with E-state index < -0.39 is 6.10 Å². The molecule has 1 atom stereocenters. The number of pyridine rings is 1. The van der Waals surface area contributed by atoms with Crippen LogP contribution >= 0.6 is 0 Å². The van der Waals surface area contributed by atoms with Crippen LogP contribution < -0.4 is 4.90 Å². The van der Waals surface area contributed by atoms with Crippen molar-refractivity contribution in [1.82, 2.24) is 4.98 Å². The highest BCUT2D eigenvalue weighted by Gasteiger charge is 2.16. The fourth-order valence-corrected chi connectivity index (χ4v) is 2.76. The molecule has 0 saturated carbocycles. The second-order valence-electron chi connectivity index (χ2n) is 5.35. The molecule has 1 aliphatic heterocycles. The second-order valence-corrected chi connectivity index (χ2v) is 5.35. The Labute approximate surface area is 119 Å². The molecule has 1 aromatic carbocycles. The zero-order chi connectivity index (χ0) is 13.9. The molecule has 2 heterocycles. The van der Waals surface area contributed by atoms with Gasteiger partial charge in [0, 0.05) is 12.2 Å². The van der Waals surface area contributed by atoms with Gasteiger partial charge in [0.25, 0.3) is 0 Å². The molecule has 0 aliphatic carbocycles. The first kappa shape index (κ1) is 13.1. The van der Waals surface area contributed by atoms with Crippen molar-refractivity contribution in [3.63, 3.8) is 0 Å². The SMILES string of the molecule is C[C@H](O)c1ccc(N2CCCCc3ccccc32)cn1. The first-order valence-corrected chi connectivity index (χ1v) is 7.25. The van der Waals surface area contributed by atoms with Crippen molar-refractivity contribution in [2.24, 2.45) is 0 Å². The topological polar surface area (TPSA) is 36.4 Å². The third kappa shape index (κ3) is 2.54. The van der Waals surface area contributed by atoms with Gasteiger partial charge in [-0.1, -0.05) is 18.2 Å². The van der Waals surface area contributed by atoms with Crippen LogP contribution in [0.4, 0.5) is 11.4 Å². The summed E-state index contributed by atoms with van der Waals surface area (Å²) in [5.74, 6) is 0. The average molecular weight is 268 g/mol. The molecule has 1 aliphatic rings. The fourth-order valence-electron chi connectivity index (χ4n) is 2.76. The van der Waals surface area contributed by atoms with Crippen molar-refractivity contribution in [1.29, 1.82) is 0 Å². The van der Waals surface area contributed by atoms with E-state index in [1.807, 2.05) is 12.3 Å². The summed E-state index contributed by atoms with van der Waals surface area (Å²) in [7, 11) is 0. The number of fused-ring (bicyclic) bond motifs is 1. The van der Waals surface area contributed by atoms with Gasteiger partial charge in [0.15, 0.2) is 0 Å². The first-order valence-electron chi connectivity index (χ1n) is 7.25. The Morgan fingerprint density at radius 3 is 2.75 bits per heavy atom. The van der Waals surface area contributed by atoms with Gasteiger partial charge < -0.3 is 10.0 Å². The van der Waals surface area contributed by atoms with E-state index in [1.165, 1.54) is 24.1 Å². The summed E-state index contributed by atoms with van der Waals surface area (Å²) in [5, 5.41) is 9.55. The van der Waals surface area contributed by atoms with Crippen LogP contribution in [-0.4, -0.2) is 16.6 Å². The maximum atomic E-state index is 9.55. The van der Waals surface area contributed by atoms with E-state index in [4.69, 9.17) is 0 Å². The molecule has 0 bridgehead atoms. The average Bonchev–Trinajstić information content (AvgIpc) is 2.69. The predicted octanol–water partition coefficient (Wildman–Crippen LogP) is 3.61. The molecular formula is C17H20N2O. The molecule has 2 aromatic rings. The number of hydrogen-bond donors (Lipinski definition) is 1. The number of aromatic nitrogens is 1. The smallest absolute Gasteiger partial charge is 0.0931 e. The van der Waals surface area contributed by atoms with Gasteiger partial charge in [0.2, 0.25) is 0 Å². The number of aliphatic hydroxyl groups excluding tert-OH is 1. The Hall–Kier alpha value is -1.87. The predicted molar refractivity (Wildman–Crippen MR) is 81.3 cm³/mol. The van der Waals surface area contributed by atoms with Gasteiger partial charge in [-0.15, -0.1) is 0 Å². The third-order valence-electron chi connectivity index (χ3n) is 3.87. The molecule has 3 heteroatoms. The summed E-state index contributed by atoms with van der Waals surface area (Å²) >= 11 is 0. The minimum absolute atomic E-state index is 0.513.